The highest BCUT2D eigenvalue weighted by Gasteiger charge is 2.22. The van der Waals surface area contributed by atoms with Crippen molar-refractivity contribution < 1.29 is 9.32 Å². The van der Waals surface area contributed by atoms with Crippen LogP contribution in [0.2, 0.25) is 0 Å². The van der Waals surface area contributed by atoms with Crippen LogP contribution < -0.4 is 4.90 Å². The van der Waals surface area contributed by atoms with Gasteiger partial charge in [-0.15, -0.1) is 0 Å². The van der Waals surface area contributed by atoms with Gasteiger partial charge in [0.25, 0.3) is 0 Å². The van der Waals surface area contributed by atoms with Gasteiger partial charge in [-0.25, -0.2) is 0 Å². The van der Waals surface area contributed by atoms with Gasteiger partial charge >= 0.3 is 0 Å². The fourth-order valence-corrected chi connectivity index (χ4v) is 3.17. The summed E-state index contributed by atoms with van der Waals surface area (Å²) < 4.78 is 5.20. The van der Waals surface area contributed by atoms with E-state index in [1.807, 2.05) is 13.8 Å². The Morgan fingerprint density at radius 3 is 2.63 bits per heavy atom. The first kappa shape index (κ1) is 19.4. The molecule has 1 aliphatic heterocycles. The minimum Gasteiger partial charge on any atom is -0.369 e. The first-order valence-electron chi connectivity index (χ1n) is 9.53. The van der Waals surface area contributed by atoms with Gasteiger partial charge in [0.2, 0.25) is 11.8 Å². The Morgan fingerprint density at radius 1 is 1.26 bits per heavy atom. The molecule has 3 rings (SSSR count). The summed E-state index contributed by atoms with van der Waals surface area (Å²) in [6, 6.07) is 8.57. The molecule has 146 valence electrons. The highest BCUT2D eigenvalue weighted by atomic mass is 16.5. The third kappa shape index (κ3) is 5.07. The fourth-order valence-electron chi connectivity index (χ4n) is 3.17. The SMILES string of the molecule is Cc1cccc(N2CCN(CC(=O)N(C)Cc3noc(C(C)C)n3)CC2)c1. The molecule has 0 radical (unpaired) electrons. The van der Waals surface area contributed by atoms with Crippen LogP contribution in [0.25, 0.3) is 0 Å². The van der Waals surface area contributed by atoms with Crippen molar-refractivity contribution in [1.82, 2.24) is 19.9 Å². The number of likely N-dealkylation sites (N-methyl/N-ethyl adjacent to an activating group) is 1. The zero-order chi connectivity index (χ0) is 19.4. The summed E-state index contributed by atoms with van der Waals surface area (Å²) in [5, 5.41) is 3.96. The van der Waals surface area contributed by atoms with Crippen molar-refractivity contribution in [2.75, 3.05) is 44.7 Å². The summed E-state index contributed by atoms with van der Waals surface area (Å²) in [7, 11) is 1.79. The maximum atomic E-state index is 12.5. The number of anilines is 1. The van der Waals surface area contributed by atoms with Gasteiger partial charge in [0.15, 0.2) is 5.82 Å². The van der Waals surface area contributed by atoms with E-state index < -0.39 is 0 Å². The van der Waals surface area contributed by atoms with Crippen molar-refractivity contribution in [3.8, 4) is 0 Å². The summed E-state index contributed by atoms with van der Waals surface area (Å²) >= 11 is 0. The summed E-state index contributed by atoms with van der Waals surface area (Å²) in [4.78, 5) is 23.1. The quantitative estimate of drug-likeness (QED) is 0.776. The van der Waals surface area contributed by atoms with E-state index >= 15 is 0 Å². The van der Waals surface area contributed by atoms with Crippen LogP contribution >= 0.6 is 0 Å². The highest BCUT2D eigenvalue weighted by molar-refractivity contribution is 5.78. The van der Waals surface area contributed by atoms with Gasteiger partial charge in [-0.2, -0.15) is 4.98 Å². The second-order valence-electron chi connectivity index (χ2n) is 7.56. The number of aryl methyl sites for hydroxylation is 1. The number of hydrogen-bond acceptors (Lipinski definition) is 6. The molecule has 1 fully saturated rings. The lowest BCUT2D eigenvalue weighted by Gasteiger charge is -2.36. The van der Waals surface area contributed by atoms with Crippen molar-refractivity contribution in [2.45, 2.75) is 33.2 Å². The first-order chi connectivity index (χ1) is 12.9. The molecule has 1 saturated heterocycles. The zero-order valence-corrected chi connectivity index (χ0v) is 16.7. The van der Waals surface area contributed by atoms with E-state index in [2.05, 4.69) is 51.1 Å². The van der Waals surface area contributed by atoms with Crippen LogP contribution in [-0.4, -0.2) is 65.6 Å². The molecule has 2 aromatic rings. The van der Waals surface area contributed by atoms with Crippen LogP contribution in [0, 0.1) is 6.92 Å². The summed E-state index contributed by atoms with van der Waals surface area (Å²) in [5.74, 6) is 1.43. The van der Waals surface area contributed by atoms with Crippen LogP contribution in [0.15, 0.2) is 28.8 Å². The summed E-state index contributed by atoms with van der Waals surface area (Å²) in [5.41, 5.74) is 2.53. The molecule has 1 aliphatic rings. The molecule has 0 atom stereocenters. The zero-order valence-electron chi connectivity index (χ0n) is 16.7. The Morgan fingerprint density at radius 2 is 2.00 bits per heavy atom. The highest BCUT2D eigenvalue weighted by Crippen LogP contribution is 2.18. The number of benzene rings is 1. The molecule has 0 bridgehead atoms. The standard InChI is InChI=1S/C20H29N5O2/c1-15(2)20-21-18(22-27-20)13-23(4)19(26)14-24-8-10-25(11-9-24)17-7-5-6-16(3)12-17/h5-7,12,15H,8-11,13-14H2,1-4H3. The van der Waals surface area contributed by atoms with E-state index in [0.29, 0.717) is 24.8 Å². The van der Waals surface area contributed by atoms with E-state index in [1.54, 1.807) is 11.9 Å². The molecule has 1 aromatic heterocycles. The molecule has 1 aromatic carbocycles. The molecule has 27 heavy (non-hydrogen) atoms. The number of piperazine rings is 1. The summed E-state index contributed by atoms with van der Waals surface area (Å²) in [6.45, 7) is 10.5. The molecule has 0 spiro atoms. The molecule has 0 aliphatic carbocycles. The van der Waals surface area contributed by atoms with Gasteiger partial charge in [0, 0.05) is 44.8 Å². The lowest BCUT2D eigenvalue weighted by molar-refractivity contribution is -0.131. The average Bonchev–Trinajstić information content (AvgIpc) is 3.11. The number of carbonyl (C=O) groups excluding carboxylic acids is 1. The Hall–Kier alpha value is -2.41. The lowest BCUT2D eigenvalue weighted by atomic mass is 10.2. The third-order valence-corrected chi connectivity index (χ3v) is 4.88. The molecular formula is C20H29N5O2. The van der Waals surface area contributed by atoms with Gasteiger partial charge in [0.1, 0.15) is 0 Å². The maximum Gasteiger partial charge on any atom is 0.236 e. The molecule has 7 heteroatoms. The summed E-state index contributed by atoms with van der Waals surface area (Å²) in [6.07, 6.45) is 0. The molecule has 1 amide bonds. The van der Waals surface area contributed by atoms with E-state index in [0.717, 1.165) is 26.2 Å². The first-order valence-corrected chi connectivity index (χ1v) is 9.53. The Labute approximate surface area is 160 Å². The van der Waals surface area contributed by atoms with Crippen LogP contribution in [0.3, 0.4) is 0 Å². The molecule has 7 nitrogen and oxygen atoms in total. The molecule has 2 heterocycles. The number of carbonyl (C=O) groups is 1. The van der Waals surface area contributed by atoms with Gasteiger partial charge in [-0.1, -0.05) is 31.1 Å². The van der Waals surface area contributed by atoms with Gasteiger partial charge in [-0.3, -0.25) is 9.69 Å². The fraction of sp³-hybridized carbons (Fsp3) is 0.550. The van der Waals surface area contributed by atoms with E-state index in [1.165, 1.54) is 11.3 Å². The van der Waals surface area contributed by atoms with Crippen LogP contribution in [0.5, 0.6) is 0 Å². The van der Waals surface area contributed by atoms with Crippen molar-refractivity contribution >= 4 is 11.6 Å². The topological polar surface area (TPSA) is 65.7 Å². The maximum absolute atomic E-state index is 12.5. The van der Waals surface area contributed by atoms with Crippen molar-refractivity contribution in [3.05, 3.63) is 41.5 Å². The Balaban J connectivity index is 1.47. The normalized spacial score (nSPS) is 15.4. The Bertz CT molecular complexity index is 765. The van der Waals surface area contributed by atoms with Gasteiger partial charge < -0.3 is 14.3 Å². The van der Waals surface area contributed by atoms with Crippen molar-refractivity contribution in [3.63, 3.8) is 0 Å². The second-order valence-corrected chi connectivity index (χ2v) is 7.56. The monoisotopic (exact) mass is 371 g/mol. The molecule has 0 N–H and O–H groups in total. The van der Waals surface area contributed by atoms with Gasteiger partial charge in [0.05, 0.1) is 13.1 Å². The van der Waals surface area contributed by atoms with Crippen LogP contribution in [0.4, 0.5) is 5.69 Å². The smallest absolute Gasteiger partial charge is 0.236 e. The predicted octanol–water partition coefficient (Wildman–Crippen LogP) is 2.28. The molecule has 0 saturated carbocycles. The number of rotatable bonds is 6. The van der Waals surface area contributed by atoms with Gasteiger partial charge in [-0.05, 0) is 24.6 Å². The average molecular weight is 371 g/mol. The van der Waals surface area contributed by atoms with E-state index in [9.17, 15) is 4.79 Å². The lowest BCUT2D eigenvalue weighted by Crippen LogP contribution is -2.49. The van der Waals surface area contributed by atoms with Crippen molar-refractivity contribution in [1.29, 1.82) is 0 Å². The number of aromatic nitrogens is 2. The predicted molar refractivity (Wildman–Crippen MR) is 105 cm³/mol. The second kappa shape index (κ2) is 8.52. The molecule has 0 unspecified atom stereocenters. The van der Waals surface area contributed by atoms with Crippen LogP contribution in [-0.2, 0) is 11.3 Å². The van der Waals surface area contributed by atoms with E-state index in [-0.39, 0.29) is 11.8 Å². The number of nitrogens with zero attached hydrogens (tertiary/aromatic N) is 5. The molecular weight excluding hydrogens is 342 g/mol. The number of amides is 1. The minimum atomic E-state index is 0.0786. The largest absolute Gasteiger partial charge is 0.369 e. The van der Waals surface area contributed by atoms with E-state index in [4.69, 9.17) is 4.52 Å². The van der Waals surface area contributed by atoms with Crippen molar-refractivity contribution in [2.24, 2.45) is 0 Å². The Kier molecular flexibility index (Phi) is 6.11. The minimum absolute atomic E-state index is 0.0786. The number of hydrogen-bond donors (Lipinski definition) is 0. The van der Waals surface area contributed by atoms with Crippen LogP contribution in [0.1, 0.15) is 37.0 Å². The third-order valence-electron chi connectivity index (χ3n) is 4.88.